The molecule has 0 saturated heterocycles. The summed E-state index contributed by atoms with van der Waals surface area (Å²) in [4.78, 5) is 26.9. The summed E-state index contributed by atoms with van der Waals surface area (Å²) in [5.74, 6) is 0.208. The molecule has 0 spiro atoms. The minimum Gasteiger partial charge on any atom is -0.493 e. The number of nitro benzene ring substituents is 1. The lowest BCUT2D eigenvalue weighted by Gasteiger charge is -2.13. The second-order valence-electron chi connectivity index (χ2n) is 6.54. The number of carbonyl (C=O) groups is 1. The lowest BCUT2D eigenvalue weighted by Crippen LogP contribution is -2.06. The van der Waals surface area contributed by atoms with Crippen molar-refractivity contribution in [1.29, 1.82) is 0 Å². The van der Waals surface area contributed by atoms with Gasteiger partial charge in [-0.05, 0) is 64.3 Å². The maximum absolute atomic E-state index is 12.3. The molecule has 31 heavy (non-hydrogen) atoms. The first-order valence-corrected chi connectivity index (χ1v) is 9.98. The first kappa shape index (κ1) is 22.5. The van der Waals surface area contributed by atoms with Gasteiger partial charge in [-0.2, -0.15) is 0 Å². The van der Waals surface area contributed by atoms with Crippen molar-refractivity contribution in [3.63, 3.8) is 0 Å². The van der Waals surface area contributed by atoms with E-state index in [4.69, 9.17) is 25.8 Å². The molecule has 0 radical (unpaired) electrons. The van der Waals surface area contributed by atoms with Crippen LogP contribution in [-0.2, 0) is 9.53 Å². The average molecular weight is 508 g/mol. The Bertz CT molecular complexity index is 1160. The van der Waals surface area contributed by atoms with Gasteiger partial charge < -0.3 is 14.2 Å². The van der Waals surface area contributed by atoms with Crippen LogP contribution in [0.5, 0.6) is 11.5 Å². The van der Waals surface area contributed by atoms with Crippen LogP contribution in [-0.4, -0.2) is 30.5 Å². The molecule has 0 N–H and O–H groups in total. The van der Waals surface area contributed by atoms with Gasteiger partial charge >= 0.3 is 5.97 Å². The van der Waals surface area contributed by atoms with Crippen molar-refractivity contribution in [3.05, 3.63) is 78.9 Å². The highest BCUT2D eigenvalue weighted by molar-refractivity contribution is 9.10. The molecule has 3 rings (SSSR count). The Morgan fingerprint density at radius 2 is 2.13 bits per heavy atom. The van der Waals surface area contributed by atoms with Crippen molar-refractivity contribution in [2.45, 2.75) is 6.92 Å². The monoisotopic (exact) mass is 506 g/mol. The van der Waals surface area contributed by atoms with E-state index in [0.29, 0.717) is 28.1 Å². The van der Waals surface area contributed by atoms with Gasteiger partial charge in [0.1, 0.15) is 11.6 Å². The molecule has 1 aliphatic rings. The van der Waals surface area contributed by atoms with E-state index in [9.17, 15) is 14.9 Å². The summed E-state index contributed by atoms with van der Waals surface area (Å²) in [7, 11) is 1.50. The highest BCUT2D eigenvalue weighted by Crippen LogP contribution is 2.38. The lowest BCUT2D eigenvalue weighted by atomic mass is 10.1. The fourth-order valence-corrected chi connectivity index (χ4v) is 3.40. The van der Waals surface area contributed by atoms with Crippen molar-refractivity contribution < 1.29 is 23.9 Å². The lowest BCUT2D eigenvalue weighted by molar-refractivity contribution is -0.384. The van der Waals surface area contributed by atoms with E-state index in [2.05, 4.69) is 27.5 Å². The number of hydrogen-bond donors (Lipinski definition) is 0. The summed E-state index contributed by atoms with van der Waals surface area (Å²) in [6.07, 6.45) is 1.51. The van der Waals surface area contributed by atoms with Gasteiger partial charge in [0.25, 0.3) is 5.69 Å². The molecule has 2 aromatic carbocycles. The van der Waals surface area contributed by atoms with E-state index in [1.165, 1.54) is 31.4 Å². The zero-order chi connectivity index (χ0) is 22.7. The fourth-order valence-electron chi connectivity index (χ4n) is 2.63. The molecule has 0 atom stereocenters. The first-order valence-electron chi connectivity index (χ1n) is 8.81. The summed E-state index contributed by atoms with van der Waals surface area (Å²) in [6, 6.07) is 7.44. The van der Waals surface area contributed by atoms with Crippen LogP contribution >= 0.6 is 27.5 Å². The normalized spacial score (nSPS) is 14.3. The SMILES string of the molecule is C=C(C)COc1c(Br)cc(C=C2N=C(c3ccc(Cl)c([N+](=O)[O-])c3)OC2=O)cc1OC. The van der Waals surface area contributed by atoms with Crippen molar-refractivity contribution in [3.8, 4) is 11.5 Å². The van der Waals surface area contributed by atoms with Gasteiger partial charge in [0.05, 0.1) is 16.5 Å². The van der Waals surface area contributed by atoms with E-state index in [0.717, 1.165) is 5.57 Å². The molecule has 1 heterocycles. The van der Waals surface area contributed by atoms with Crippen LogP contribution in [0.25, 0.3) is 6.08 Å². The maximum atomic E-state index is 12.3. The van der Waals surface area contributed by atoms with E-state index in [-0.39, 0.29) is 27.9 Å². The maximum Gasteiger partial charge on any atom is 0.363 e. The standard InChI is InChI=1S/C21H16BrClN2O6/c1-11(2)10-30-19-14(22)6-12(8-18(19)29-3)7-16-21(26)31-20(24-16)13-4-5-15(23)17(9-13)25(27)28/h4-9H,1,10H2,2-3H3. The minimum absolute atomic E-state index is 0.0251. The van der Waals surface area contributed by atoms with Crippen LogP contribution in [0.1, 0.15) is 18.1 Å². The summed E-state index contributed by atoms with van der Waals surface area (Å²) in [5, 5.41) is 11.1. The third-order valence-corrected chi connectivity index (χ3v) is 4.94. The predicted octanol–water partition coefficient (Wildman–Crippen LogP) is 5.32. The number of nitrogens with zero attached hydrogens (tertiary/aromatic N) is 2. The van der Waals surface area contributed by atoms with E-state index in [1.54, 1.807) is 12.1 Å². The zero-order valence-electron chi connectivity index (χ0n) is 16.5. The molecule has 0 bridgehead atoms. The quantitative estimate of drug-likeness (QED) is 0.165. The number of ether oxygens (including phenoxy) is 3. The molecular weight excluding hydrogens is 492 g/mol. The van der Waals surface area contributed by atoms with Gasteiger partial charge in [-0.15, -0.1) is 0 Å². The summed E-state index contributed by atoms with van der Waals surface area (Å²) in [6.45, 7) is 5.97. The number of rotatable bonds is 7. The Labute approximate surface area is 191 Å². The molecule has 10 heteroatoms. The number of aliphatic imine (C=N–C) groups is 1. The smallest absolute Gasteiger partial charge is 0.363 e. The first-order chi connectivity index (χ1) is 14.7. The van der Waals surface area contributed by atoms with E-state index >= 15 is 0 Å². The highest BCUT2D eigenvalue weighted by atomic mass is 79.9. The van der Waals surface area contributed by atoms with Crippen molar-refractivity contribution >= 4 is 51.2 Å². The predicted molar refractivity (Wildman–Crippen MR) is 120 cm³/mol. The molecule has 160 valence electrons. The van der Waals surface area contributed by atoms with Gasteiger partial charge in [-0.25, -0.2) is 9.79 Å². The van der Waals surface area contributed by atoms with Gasteiger partial charge in [-0.1, -0.05) is 18.2 Å². The number of esters is 1. The third kappa shape index (κ3) is 5.12. The van der Waals surface area contributed by atoms with Gasteiger partial charge in [0, 0.05) is 11.6 Å². The molecule has 0 fully saturated rings. The van der Waals surface area contributed by atoms with Crippen LogP contribution in [0.15, 0.2) is 57.6 Å². The zero-order valence-corrected chi connectivity index (χ0v) is 18.8. The summed E-state index contributed by atoms with van der Waals surface area (Å²) in [5.41, 5.74) is 1.42. The van der Waals surface area contributed by atoms with Gasteiger partial charge in [0.2, 0.25) is 5.90 Å². The number of benzene rings is 2. The Balaban J connectivity index is 1.95. The van der Waals surface area contributed by atoms with Gasteiger partial charge in [-0.3, -0.25) is 10.1 Å². The molecule has 1 aliphatic heterocycles. The number of nitro groups is 1. The molecule has 0 aliphatic carbocycles. The van der Waals surface area contributed by atoms with E-state index in [1.807, 2.05) is 6.92 Å². The van der Waals surface area contributed by atoms with Crippen LogP contribution in [0, 0.1) is 10.1 Å². The number of hydrogen-bond acceptors (Lipinski definition) is 7. The third-order valence-electron chi connectivity index (χ3n) is 4.03. The molecule has 2 aromatic rings. The van der Waals surface area contributed by atoms with Crippen LogP contribution in [0.2, 0.25) is 5.02 Å². The molecule has 0 amide bonds. The average Bonchev–Trinajstić information content (AvgIpc) is 3.07. The van der Waals surface area contributed by atoms with E-state index < -0.39 is 10.9 Å². The fraction of sp³-hybridized carbons (Fsp3) is 0.143. The largest absolute Gasteiger partial charge is 0.493 e. The molecule has 0 unspecified atom stereocenters. The van der Waals surface area contributed by atoms with Crippen molar-refractivity contribution in [1.82, 2.24) is 0 Å². The Morgan fingerprint density at radius 3 is 2.77 bits per heavy atom. The van der Waals surface area contributed by atoms with Crippen LogP contribution in [0.4, 0.5) is 5.69 Å². The Hall–Kier alpha value is -3.17. The molecule has 8 nitrogen and oxygen atoms in total. The Kier molecular flexibility index (Phi) is 6.77. The molecular formula is C21H16BrClN2O6. The molecule has 0 saturated carbocycles. The van der Waals surface area contributed by atoms with Crippen LogP contribution in [0.3, 0.4) is 0 Å². The number of methoxy groups -OCH3 is 1. The Morgan fingerprint density at radius 1 is 1.39 bits per heavy atom. The summed E-state index contributed by atoms with van der Waals surface area (Å²) < 4.78 is 16.9. The van der Waals surface area contributed by atoms with Crippen LogP contribution < -0.4 is 9.47 Å². The highest BCUT2D eigenvalue weighted by Gasteiger charge is 2.26. The van der Waals surface area contributed by atoms with Crippen molar-refractivity contribution in [2.75, 3.05) is 13.7 Å². The second-order valence-corrected chi connectivity index (χ2v) is 7.80. The minimum atomic E-state index is -0.690. The topological polar surface area (TPSA) is 100 Å². The van der Waals surface area contributed by atoms with Gasteiger partial charge in [0.15, 0.2) is 17.2 Å². The number of halogens is 2. The molecule has 0 aromatic heterocycles. The number of carbonyl (C=O) groups excluding carboxylic acids is 1. The second kappa shape index (κ2) is 9.32. The summed E-state index contributed by atoms with van der Waals surface area (Å²) >= 11 is 9.26. The van der Waals surface area contributed by atoms with Crippen molar-refractivity contribution in [2.24, 2.45) is 4.99 Å². The number of cyclic esters (lactones) is 1.